The van der Waals surface area contributed by atoms with Gasteiger partial charge in [0.15, 0.2) is 0 Å². The summed E-state index contributed by atoms with van der Waals surface area (Å²) in [4.78, 5) is 1.90. The first-order chi connectivity index (χ1) is 6.65. The molecule has 3 rings (SSSR count). The molecule has 1 saturated carbocycles. The fraction of sp³-hybridized carbons (Fsp3) is 1.00. The lowest BCUT2D eigenvalue weighted by Gasteiger charge is -2.52. The molecule has 2 bridgehead atoms. The van der Waals surface area contributed by atoms with E-state index >= 15 is 0 Å². The van der Waals surface area contributed by atoms with Crippen molar-refractivity contribution in [1.29, 1.82) is 0 Å². The Morgan fingerprint density at radius 1 is 1.50 bits per heavy atom. The Morgan fingerprint density at radius 3 is 2.71 bits per heavy atom. The van der Waals surface area contributed by atoms with Gasteiger partial charge >= 0.3 is 7.05 Å². The molecule has 2 aliphatic heterocycles. The van der Waals surface area contributed by atoms with E-state index in [2.05, 4.69) is 5.32 Å². The molecule has 80 valence electrons. The number of nitrogens with zero attached hydrogens (tertiary/aromatic N) is 1. The molecule has 3 nitrogen and oxygen atoms in total. The molecular formula is C9H18BFN2O. The van der Waals surface area contributed by atoms with Gasteiger partial charge in [0.2, 0.25) is 0 Å². The zero-order valence-electron chi connectivity index (χ0n) is 8.78. The molecule has 14 heavy (non-hydrogen) atoms. The molecule has 0 aromatic carbocycles. The van der Waals surface area contributed by atoms with E-state index in [-0.39, 0.29) is 12.1 Å². The third-order valence-corrected chi connectivity index (χ3v) is 3.74. The second kappa shape index (κ2) is 3.79. The zero-order chi connectivity index (χ0) is 10.3. The van der Waals surface area contributed by atoms with Crippen LogP contribution in [0.25, 0.3) is 0 Å². The third-order valence-electron chi connectivity index (χ3n) is 3.74. The maximum atomic E-state index is 13.9. The molecule has 0 aromatic heterocycles. The van der Waals surface area contributed by atoms with Crippen LogP contribution in [-0.4, -0.2) is 48.7 Å². The largest absolute Gasteiger partial charge is 0.437 e. The van der Waals surface area contributed by atoms with E-state index < -0.39 is 13.2 Å². The van der Waals surface area contributed by atoms with Gasteiger partial charge < -0.3 is 15.2 Å². The van der Waals surface area contributed by atoms with Gasteiger partial charge in [-0.1, -0.05) is 0 Å². The van der Waals surface area contributed by atoms with Crippen LogP contribution in [0.15, 0.2) is 0 Å². The highest BCUT2D eigenvalue weighted by Gasteiger charge is 2.48. The highest BCUT2D eigenvalue weighted by atomic mass is 19.1. The van der Waals surface area contributed by atoms with Crippen molar-refractivity contribution in [3.63, 3.8) is 0 Å². The van der Waals surface area contributed by atoms with Gasteiger partial charge in [-0.15, -0.1) is 0 Å². The van der Waals surface area contributed by atoms with Crippen LogP contribution in [0.5, 0.6) is 0 Å². The molecule has 3 aliphatic rings. The van der Waals surface area contributed by atoms with Crippen LogP contribution in [0.2, 0.25) is 6.82 Å². The summed E-state index contributed by atoms with van der Waals surface area (Å²) in [7, 11) is 1.31. The van der Waals surface area contributed by atoms with Gasteiger partial charge in [0, 0.05) is 12.1 Å². The van der Waals surface area contributed by atoms with E-state index in [1.54, 1.807) is 6.82 Å². The maximum absolute atomic E-state index is 13.9. The summed E-state index contributed by atoms with van der Waals surface area (Å²) in [5, 5.41) is 12.6. The van der Waals surface area contributed by atoms with Crippen LogP contribution in [0.4, 0.5) is 4.39 Å². The van der Waals surface area contributed by atoms with Crippen LogP contribution in [0.3, 0.4) is 0 Å². The van der Waals surface area contributed by atoms with Gasteiger partial charge in [0.05, 0.1) is 0 Å². The second-order valence-corrected chi connectivity index (χ2v) is 4.49. The maximum Gasteiger partial charge on any atom is 0.376 e. The third kappa shape index (κ3) is 1.47. The number of hydrogen-bond donors (Lipinski definition) is 2. The van der Waals surface area contributed by atoms with Gasteiger partial charge in [0.1, 0.15) is 6.17 Å². The van der Waals surface area contributed by atoms with Gasteiger partial charge in [-0.25, -0.2) is 4.39 Å². The lowest BCUT2D eigenvalue weighted by molar-refractivity contribution is -0.00539. The van der Waals surface area contributed by atoms with Crippen molar-refractivity contribution in [2.24, 2.45) is 5.92 Å². The Labute approximate surface area is 84.8 Å². The molecule has 4 atom stereocenters. The smallest absolute Gasteiger partial charge is 0.376 e. The van der Waals surface area contributed by atoms with Crippen LogP contribution in [0, 0.1) is 5.92 Å². The standard InChI is InChI=1S/C9H18BFN2O/c1-10(14)13-5-6-3-4-7(13)8(11)9(6)12-2/h6-9,12,14H,3-5H2,1-2H3/t6?,7-,8+,9-/m1/s1. The highest BCUT2D eigenvalue weighted by molar-refractivity contribution is 6.45. The fourth-order valence-electron chi connectivity index (χ4n) is 3.01. The highest BCUT2D eigenvalue weighted by Crippen LogP contribution is 2.37. The molecule has 2 N–H and O–H groups in total. The van der Waals surface area contributed by atoms with E-state index in [1.165, 1.54) is 0 Å². The summed E-state index contributed by atoms with van der Waals surface area (Å²) < 4.78 is 13.9. The first-order valence-corrected chi connectivity index (χ1v) is 5.40. The first kappa shape index (κ1) is 10.4. The minimum absolute atomic E-state index is 0.0104. The van der Waals surface area contributed by atoms with Crippen LogP contribution < -0.4 is 5.32 Å². The summed E-state index contributed by atoms with van der Waals surface area (Å²) in [5.74, 6) is 0.356. The SMILES string of the molecule is CN[C@@H]1C2CC[C@H]([C@@H]1F)N(B(C)O)C2. The van der Waals surface area contributed by atoms with Crippen molar-refractivity contribution in [3.05, 3.63) is 0 Å². The molecule has 0 amide bonds. The summed E-state index contributed by atoms with van der Waals surface area (Å²) in [6, 6.07) is -0.0961. The van der Waals surface area contributed by atoms with E-state index in [1.807, 2.05) is 11.9 Å². The van der Waals surface area contributed by atoms with E-state index in [4.69, 9.17) is 0 Å². The average molecular weight is 200 g/mol. The van der Waals surface area contributed by atoms with Crippen molar-refractivity contribution in [3.8, 4) is 0 Å². The van der Waals surface area contributed by atoms with Gasteiger partial charge in [-0.05, 0) is 39.2 Å². The number of fused-ring (bicyclic) bond motifs is 3. The summed E-state index contributed by atoms with van der Waals surface area (Å²) in [5.41, 5.74) is 0. The lowest BCUT2D eigenvalue weighted by atomic mass is 9.68. The van der Waals surface area contributed by atoms with Crippen molar-refractivity contribution in [2.45, 2.75) is 37.9 Å². The molecule has 0 radical (unpaired) electrons. The summed E-state index contributed by atoms with van der Waals surface area (Å²) in [6.07, 6.45) is 1.14. The molecule has 3 fully saturated rings. The quantitative estimate of drug-likeness (QED) is 0.621. The number of alkyl halides is 1. The predicted molar refractivity (Wildman–Crippen MR) is 54.8 cm³/mol. The Balaban J connectivity index is 2.13. The van der Waals surface area contributed by atoms with Crippen LogP contribution in [-0.2, 0) is 0 Å². The molecule has 5 heteroatoms. The number of halogens is 1. The molecular weight excluding hydrogens is 182 g/mol. The number of hydrogen-bond acceptors (Lipinski definition) is 3. The van der Waals surface area contributed by atoms with E-state index in [0.29, 0.717) is 5.92 Å². The normalized spacial score (nSPS) is 42.9. The molecule has 2 saturated heterocycles. The monoisotopic (exact) mass is 200 g/mol. The van der Waals surface area contributed by atoms with Crippen molar-refractivity contribution in [2.75, 3.05) is 13.6 Å². The van der Waals surface area contributed by atoms with Gasteiger partial charge in [-0.2, -0.15) is 0 Å². The number of rotatable bonds is 2. The Morgan fingerprint density at radius 2 is 2.21 bits per heavy atom. The Bertz CT molecular complexity index is 215. The van der Waals surface area contributed by atoms with Crippen LogP contribution in [0.1, 0.15) is 12.8 Å². The summed E-state index contributed by atoms with van der Waals surface area (Å²) >= 11 is 0. The number of piperidine rings is 2. The molecule has 1 unspecified atom stereocenters. The lowest BCUT2D eigenvalue weighted by Crippen LogP contribution is -2.67. The van der Waals surface area contributed by atoms with Crippen molar-refractivity contribution < 1.29 is 9.41 Å². The van der Waals surface area contributed by atoms with E-state index in [9.17, 15) is 9.41 Å². The minimum atomic E-state index is -0.831. The Kier molecular flexibility index (Phi) is 2.82. The van der Waals surface area contributed by atoms with Crippen molar-refractivity contribution in [1.82, 2.24) is 10.1 Å². The average Bonchev–Trinajstić information content (AvgIpc) is 2.18. The molecule has 2 heterocycles. The minimum Gasteiger partial charge on any atom is -0.437 e. The predicted octanol–water partition coefficient (Wildman–Crippen LogP) is 0.117. The molecule has 1 aliphatic carbocycles. The topological polar surface area (TPSA) is 35.5 Å². The first-order valence-electron chi connectivity index (χ1n) is 5.40. The fourth-order valence-corrected chi connectivity index (χ4v) is 3.01. The molecule has 0 spiro atoms. The van der Waals surface area contributed by atoms with Gasteiger partial charge in [-0.3, -0.25) is 0 Å². The summed E-state index contributed by atoms with van der Waals surface area (Å²) in [6.45, 7) is 2.55. The molecule has 0 aromatic rings. The van der Waals surface area contributed by atoms with E-state index in [0.717, 1.165) is 19.4 Å². The van der Waals surface area contributed by atoms with Crippen LogP contribution >= 0.6 is 0 Å². The Hall–Kier alpha value is -0.125. The second-order valence-electron chi connectivity index (χ2n) is 4.49. The van der Waals surface area contributed by atoms with Gasteiger partial charge in [0.25, 0.3) is 0 Å². The van der Waals surface area contributed by atoms with Crippen molar-refractivity contribution >= 4 is 7.05 Å². The number of nitrogens with one attached hydrogen (secondary N) is 1. The zero-order valence-corrected chi connectivity index (χ0v) is 8.78.